The second kappa shape index (κ2) is 10.5. The Kier molecular flexibility index (Phi) is 7.56. The van der Waals surface area contributed by atoms with Crippen LogP contribution in [0.15, 0.2) is 58.5 Å². The van der Waals surface area contributed by atoms with E-state index in [1.54, 1.807) is 6.07 Å². The normalized spacial score (nSPS) is 11.7. The molecule has 5 nitrogen and oxygen atoms in total. The van der Waals surface area contributed by atoms with Crippen LogP contribution in [-0.2, 0) is 17.4 Å². The van der Waals surface area contributed by atoms with Crippen molar-refractivity contribution in [3.05, 3.63) is 80.5 Å². The van der Waals surface area contributed by atoms with Gasteiger partial charge in [0.2, 0.25) is 5.91 Å². The van der Waals surface area contributed by atoms with E-state index < -0.39 is 17.6 Å². The van der Waals surface area contributed by atoms with Crippen molar-refractivity contribution in [3.8, 4) is 5.69 Å². The second-order valence-electron chi connectivity index (χ2n) is 8.33. The van der Waals surface area contributed by atoms with Crippen LogP contribution in [0.5, 0.6) is 0 Å². The number of halogens is 3. The predicted octanol–water partition coefficient (Wildman–Crippen LogP) is 6.77. The van der Waals surface area contributed by atoms with Crippen LogP contribution in [0.1, 0.15) is 34.9 Å². The molecule has 0 fully saturated rings. The zero-order valence-electron chi connectivity index (χ0n) is 19.9. The van der Waals surface area contributed by atoms with Crippen molar-refractivity contribution in [2.24, 2.45) is 0 Å². The van der Waals surface area contributed by atoms with E-state index in [2.05, 4.69) is 12.2 Å². The van der Waals surface area contributed by atoms with Crippen LogP contribution in [0.2, 0.25) is 0 Å². The standard InChI is InChI=1S/C26H24F3N3O2S2/c1-4-8-20-16(3)22-23(36-20)31-25(32(24(22)34)17-10-7-9-15(2)13-17)35-14-21(33)30-19-12-6-5-11-18(19)26(27,28)29/h5-7,9-13H,4,8,14H2,1-3H3,(H,30,33). The van der Waals surface area contributed by atoms with Crippen LogP contribution in [0.4, 0.5) is 18.9 Å². The maximum absolute atomic E-state index is 13.7. The summed E-state index contributed by atoms with van der Waals surface area (Å²) in [5, 5.41) is 3.21. The molecule has 0 unspecified atom stereocenters. The summed E-state index contributed by atoms with van der Waals surface area (Å²) < 4.78 is 41.4. The fraction of sp³-hybridized carbons (Fsp3) is 0.269. The van der Waals surface area contributed by atoms with E-state index in [1.165, 1.54) is 34.1 Å². The number of thioether (sulfide) groups is 1. The summed E-state index contributed by atoms with van der Waals surface area (Å²) in [5.74, 6) is -0.849. The Hall–Kier alpha value is -3.11. The van der Waals surface area contributed by atoms with Gasteiger partial charge in [0.15, 0.2) is 5.16 Å². The summed E-state index contributed by atoms with van der Waals surface area (Å²) in [6.07, 6.45) is -2.83. The smallest absolute Gasteiger partial charge is 0.325 e. The molecule has 2 aromatic heterocycles. The first-order chi connectivity index (χ1) is 17.1. The van der Waals surface area contributed by atoms with Crippen LogP contribution < -0.4 is 10.9 Å². The molecule has 1 amide bonds. The van der Waals surface area contributed by atoms with Crippen LogP contribution in [-0.4, -0.2) is 21.2 Å². The highest BCUT2D eigenvalue weighted by Crippen LogP contribution is 2.35. The van der Waals surface area contributed by atoms with Gasteiger partial charge in [0, 0.05) is 4.88 Å². The van der Waals surface area contributed by atoms with E-state index in [0.717, 1.165) is 46.7 Å². The van der Waals surface area contributed by atoms with Crippen LogP contribution >= 0.6 is 23.1 Å². The zero-order chi connectivity index (χ0) is 26.0. The predicted molar refractivity (Wildman–Crippen MR) is 139 cm³/mol. The fourth-order valence-electron chi connectivity index (χ4n) is 3.92. The summed E-state index contributed by atoms with van der Waals surface area (Å²) in [4.78, 5) is 32.7. The van der Waals surface area contributed by atoms with E-state index in [0.29, 0.717) is 21.1 Å². The first-order valence-electron chi connectivity index (χ1n) is 11.3. The van der Waals surface area contributed by atoms with E-state index in [4.69, 9.17) is 4.98 Å². The molecule has 0 aliphatic heterocycles. The van der Waals surface area contributed by atoms with Crippen molar-refractivity contribution < 1.29 is 18.0 Å². The maximum atomic E-state index is 13.7. The molecule has 0 atom stereocenters. The number of thiophene rings is 1. The minimum Gasteiger partial charge on any atom is -0.325 e. The molecule has 0 saturated carbocycles. The van der Waals surface area contributed by atoms with Gasteiger partial charge in [-0.05, 0) is 55.7 Å². The monoisotopic (exact) mass is 531 g/mol. The lowest BCUT2D eigenvalue weighted by Gasteiger charge is -2.14. The summed E-state index contributed by atoms with van der Waals surface area (Å²) in [6, 6.07) is 12.2. The van der Waals surface area contributed by atoms with Gasteiger partial charge in [0.25, 0.3) is 5.56 Å². The van der Waals surface area contributed by atoms with E-state index in [-0.39, 0.29) is 17.0 Å². The van der Waals surface area contributed by atoms with Gasteiger partial charge in [-0.3, -0.25) is 14.2 Å². The van der Waals surface area contributed by atoms with Gasteiger partial charge in [-0.15, -0.1) is 11.3 Å². The number of para-hydroxylation sites is 1. The van der Waals surface area contributed by atoms with Gasteiger partial charge in [-0.25, -0.2) is 4.98 Å². The molecule has 0 spiro atoms. The topological polar surface area (TPSA) is 64.0 Å². The number of aromatic nitrogens is 2. The molecule has 0 radical (unpaired) electrons. The lowest BCUT2D eigenvalue weighted by Crippen LogP contribution is -2.23. The number of aryl methyl sites for hydroxylation is 3. The minimum absolute atomic E-state index is 0.220. The summed E-state index contributed by atoms with van der Waals surface area (Å²) in [6.45, 7) is 5.90. The Bertz CT molecular complexity index is 1490. The average molecular weight is 532 g/mol. The van der Waals surface area contributed by atoms with Crippen molar-refractivity contribution in [1.82, 2.24) is 9.55 Å². The highest BCUT2D eigenvalue weighted by Gasteiger charge is 2.33. The molecule has 0 aliphatic carbocycles. The molecule has 0 aliphatic rings. The van der Waals surface area contributed by atoms with E-state index in [1.807, 2.05) is 32.0 Å². The van der Waals surface area contributed by atoms with Gasteiger partial charge < -0.3 is 5.32 Å². The van der Waals surface area contributed by atoms with Crippen LogP contribution in [0, 0.1) is 13.8 Å². The first-order valence-corrected chi connectivity index (χ1v) is 13.1. The number of nitrogens with zero attached hydrogens (tertiary/aromatic N) is 2. The highest BCUT2D eigenvalue weighted by molar-refractivity contribution is 7.99. The largest absolute Gasteiger partial charge is 0.418 e. The Morgan fingerprint density at radius 3 is 2.58 bits per heavy atom. The van der Waals surface area contributed by atoms with Gasteiger partial charge in [-0.2, -0.15) is 13.2 Å². The second-order valence-corrected chi connectivity index (χ2v) is 10.4. The Labute approximate surface area is 214 Å². The number of hydrogen-bond acceptors (Lipinski definition) is 5. The SMILES string of the molecule is CCCc1sc2nc(SCC(=O)Nc3ccccc3C(F)(F)F)n(-c3cccc(C)c3)c(=O)c2c1C. The molecule has 2 heterocycles. The fourth-order valence-corrected chi connectivity index (χ4v) is 6.06. The third kappa shape index (κ3) is 5.34. The number of carbonyl (C=O) groups is 1. The zero-order valence-corrected chi connectivity index (χ0v) is 21.5. The lowest BCUT2D eigenvalue weighted by atomic mass is 10.1. The molecule has 1 N–H and O–H groups in total. The van der Waals surface area contributed by atoms with Gasteiger partial charge in [0.1, 0.15) is 4.83 Å². The number of rotatable bonds is 7. The highest BCUT2D eigenvalue weighted by atomic mass is 32.2. The van der Waals surface area contributed by atoms with E-state index in [9.17, 15) is 22.8 Å². The van der Waals surface area contributed by atoms with Gasteiger partial charge in [0.05, 0.1) is 28.1 Å². The molecular formula is C26H24F3N3O2S2. The van der Waals surface area contributed by atoms with E-state index >= 15 is 0 Å². The lowest BCUT2D eigenvalue weighted by molar-refractivity contribution is -0.137. The molecule has 2 aromatic carbocycles. The Morgan fingerprint density at radius 1 is 1.14 bits per heavy atom. The molecular weight excluding hydrogens is 507 g/mol. The summed E-state index contributed by atoms with van der Waals surface area (Å²) >= 11 is 2.47. The van der Waals surface area contributed by atoms with Gasteiger partial charge in [-0.1, -0.05) is 49.4 Å². The number of amides is 1. The van der Waals surface area contributed by atoms with Crippen molar-refractivity contribution in [1.29, 1.82) is 0 Å². The third-order valence-corrected chi connectivity index (χ3v) is 7.79. The molecule has 4 aromatic rings. The Morgan fingerprint density at radius 2 is 1.89 bits per heavy atom. The summed E-state index contributed by atoms with van der Waals surface area (Å²) in [5.41, 5.74) is 1.01. The number of anilines is 1. The quantitative estimate of drug-likeness (QED) is 0.211. The van der Waals surface area contributed by atoms with Gasteiger partial charge >= 0.3 is 6.18 Å². The number of carbonyl (C=O) groups excluding carboxylic acids is 1. The number of alkyl halides is 3. The Balaban J connectivity index is 1.71. The van der Waals surface area contributed by atoms with Crippen molar-refractivity contribution >= 4 is 44.9 Å². The molecule has 0 saturated heterocycles. The molecule has 0 bridgehead atoms. The number of nitrogens with one attached hydrogen (secondary N) is 1. The number of benzene rings is 2. The molecule has 36 heavy (non-hydrogen) atoms. The number of hydrogen-bond donors (Lipinski definition) is 1. The maximum Gasteiger partial charge on any atom is 0.418 e. The van der Waals surface area contributed by atoms with Crippen LogP contribution in [0.25, 0.3) is 15.9 Å². The van der Waals surface area contributed by atoms with Crippen molar-refractivity contribution in [3.63, 3.8) is 0 Å². The molecule has 4 rings (SSSR count). The third-order valence-electron chi connectivity index (χ3n) is 5.61. The average Bonchev–Trinajstić information content (AvgIpc) is 3.13. The molecule has 188 valence electrons. The molecule has 10 heteroatoms. The number of fused-ring (bicyclic) bond motifs is 1. The summed E-state index contributed by atoms with van der Waals surface area (Å²) in [7, 11) is 0. The van der Waals surface area contributed by atoms with Crippen molar-refractivity contribution in [2.45, 2.75) is 44.9 Å². The minimum atomic E-state index is -4.59. The van der Waals surface area contributed by atoms with Crippen LogP contribution in [0.3, 0.4) is 0 Å². The van der Waals surface area contributed by atoms with Crippen molar-refractivity contribution in [2.75, 3.05) is 11.1 Å². The first kappa shape index (κ1) is 26.0.